The molecule has 1 N–H and O–H groups in total. The normalized spacial score (nSPS) is 18.7. The average Bonchev–Trinajstić information content (AvgIpc) is 3.22. The highest BCUT2D eigenvalue weighted by atomic mass is 19.1. The summed E-state index contributed by atoms with van der Waals surface area (Å²) in [6.07, 6.45) is 2.33. The van der Waals surface area contributed by atoms with Crippen molar-refractivity contribution in [3.63, 3.8) is 0 Å². The Labute approximate surface area is 152 Å². The van der Waals surface area contributed by atoms with Crippen molar-refractivity contribution >= 4 is 16.8 Å². The third-order valence-corrected chi connectivity index (χ3v) is 5.53. The molecule has 2 aromatic carbocycles. The van der Waals surface area contributed by atoms with Gasteiger partial charge < -0.3 is 9.88 Å². The van der Waals surface area contributed by atoms with Crippen LogP contribution in [0.4, 0.5) is 4.39 Å². The van der Waals surface area contributed by atoms with Crippen LogP contribution in [-0.2, 0) is 4.79 Å². The van der Waals surface area contributed by atoms with Crippen LogP contribution in [0.3, 0.4) is 0 Å². The van der Waals surface area contributed by atoms with Gasteiger partial charge in [-0.15, -0.1) is 0 Å². The van der Waals surface area contributed by atoms with Crippen molar-refractivity contribution in [2.75, 3.05) is 0 Å². The van der Waals surface area contributed by atoms with E-state index in [9.17, 15) is 9.18 Å². The summed E-state index contributed by atoms with van der Waals surface area (Å²) < 4.78 is 13.4. The van der Waals surface area contributed by atoms with Crippen LogP contribution < -0.4 is 0 Å². The lowest BCUT2D eigenvalue weighted by Crippen LogP contribution is -2.35. The lowest BCUT2D eigenvalue weighted by atomic mass is 9.96. The standard InChI is InChI=1S/C22H23FN2O/c1-3-14(2)25-19(12-13-20(25)26)21-17-6-4-5-7-18(17)24-22(21)15-8-10-16(23)11-9-15/h4-11,14,19,24H,3,12-13H2,1-2H3/t14-,19-/m1/s1. The number of H-pyrrole nitrogens is 1. The maximum atomic E-state index is 13.4. The van der Waals surface area contributed by atoms with E-state index in [4.69, 9.17) is 0 Å². The van der Waals surface area contributed by atoms with Gasteiger partial charge in [0.25, 0.3) is 0 Å². The summed E-state index contributed by atoms with van der Waals surface area (Å²) in [6, 6.07) is 15.0. The van der Waals surface area contributed by atoms with Gasteiger partial charge in [0.2, 0.25) is 5.91 Å². The number of hydrogen-bond donors (Lipinski definition) is 1. The van der Waals surface area contributed by atoms with Crippen LogP contribution in [0.25, 0.3) is 22.2 Å². The summed E-state index contributed by atoms with van der Waals surface area (Å²) in [6.45, 7) is 4.23. The molecule has 1 amide bonds. The summed E-state index contributed by atoms with van der Waals surface area (Å²) in [5.74, 6) is -0.0247. The van der Waals surface area contributed by atoms with Crippen LogP contribution >= 0.6 is 0 Å². The van der Waals surface area contributed by atoms with E-state index in [0.29, 0.717) is 6.42 Å². The van der Waals surface area contributed by atoms with Crippen molar-refractivity contribution in [2.45, 2.75) is 45.2 Å². The van der Waals surface area contributed by atoms with Crippen LogP contribution in [0.15, 0.2) is 48.5 Å². The van der Waals surface area contributed by atoms with Crippen molar-refractivity contribution in [3.05, 3.63) is 59.9 Å². The molecular weight excluding hydrogens is 327 g/mol. The molecule has 1 aliphatic rings. The molecule has 2 atom stereocenters. The smallest absolute Gasteiger partial charge is 0.223 e. The number of para-hydroxylation sites is 1. The van der Waals surface area contributed by atoms with Gasteiger partial charge in [-0.2, -0.15) is 0 Å². The molecule has 0 unspecified atom stereocenters. The predicted molar refractivity (Wildman–Crippen MR) is 102 cm³/mol. The van der Waals surface area contributed by atoms with Crippen LogP contribution in [-0.4, -0.2) is 21.8 Å². The number of nitrogens with one attached hydrogen (secondary N) is 1. The number of aromatic amines is 1. The predicted octanol–water partition coefficient (Wildman–Crippen LogP) is 5.44. The van der Waals surface area contributed by atoms with Crippen LogP contribution in [0, 0.1) is 5.82 Å². The largest absolute Gasteiger partial charge is 0.354 e. The fourth-order valence-electron chi connectivity index (χ4n) is 4.09. The first-order valence-corrected chi connectivity index (χ1v) is 9.28. The fraction of sp³-hybridized carbons (Fsp3) is 0.318. The second-order valence-corrected chi connectivity index (χ2v) is 7.08. The highest BCUT2D eigenvalue weighted by Gasteiger charge is 2.37. The minimum absolute atomic E-state index is 0.0497. The molecule has 0 bridgehead atoms. The topological polar surface area (TPSA) is 36.1 Å². The van der Waals surface area contributed by atoms with Gasteiger partial charge in [-0.25, -0.2) is 4.39 Å². The highest BCUT2D eigenvalue weighted by Crippen LogP contribution is 2.43. The Morgan fingerprint density at radius 3 is 2.65 bits per heavy atom. The van der Waals surface area contributed by atoms with E-state index in [0.717, 1.165) is 40.6 Å². The van der Waals surface area contributed by atoms with E-state index >= 15 is 0 Å². The van der Waals surface area contributed by atoms with Gasteiger partial charge in [0.15, 0.2) is 0 Å². The number of fused-ring (bicyclic) bond motifs is 1. The molecule has 1 aromatic heterocycles. The Balaban J connectivity index is 1.92. The number of benzene rings is 2. The Bertz CT molecular complexity index is 944. The molecule has 2 heterocycles. The van der Waals surface area contributed by atoms with Gasteiger partial charge in [-0.1, -0.05) is 25.1 Å². The van der Waals surface area contributed by atoms with Crippen LogP contribution in [0.5, 0.6) is 0 Å². The monoisotopic (exact) mass is 350 g/mol. The van der Waals surface area contributed by atoms with Gasteiger partial charge in [0.1, 0.15) is 5.82 Å². The molecule has 26 heavy (non-hydrogen) atoms. The number of carbonyl (C=O) groups excluding carboxylic acids is 1. The van der Waals surface area contributed by atoms with E-state index in [-0.39, 0.29) is 23.8 Å². The summed E-state index contributed by atoms with van der Waals surface area (Å²) in [5.41, 5.74) is 4.13. The number of carbonyl (C=O) groups is 1. The van der Waals surface area contributed by atoms with E-state index in [1.807, 2.05) is 17.0 Å². The number of rotatable bonds is 4. The van der Waals surface area contributed by atoms with E-state index < -0.39 is 0 Å². The molecule has 0 aliphatic carbocycles. The molecule has 1 aliphatic heterocycles. The number of amides is 1. The molecule has 1 saturated heterocycles. The number of nitrogens with zero attached hydrogens (tertiary/aromatic N) is 1. The third kappa shape index (κ3) is 2.70. The van der Waals surface area contributed by atoms with E-state index in [1.54, 1.807) is 12.1 Å². The van der Waals surface area contributed by atoms with Gasteiger partial charge >= 0.3 is 0 Å². The van der Waals surface area contributed by atoms with Crippen molar-refractivity contribution in [2.24, 2.45) is 0 Å². The highest BCUT2D eigenvalue weighted by molar-refractivity contribution is 5.92. The Hall–Kier alpha value is -2.62. The van der Waals surface area contributed by atoms with Gasteiger partial charge in [0.05, 0.1) is 11.7 Å². The zero-order chi connectivity index (χ0) is 18.3. The number of likely N-dealkylation sites (tertiary alicyclic amines) is 1. The summed E-state index contributed by atoms with van der Waals surface area (Å²) in [4.78, 5) is 18.1. The van der Waals surface area contributed by atoms with Gasteiger partial charge in [-0.3, -0.25) is 4.79 Å². The van der Waals surface area contributed by atoms with E-state index in [1.165, 1.54) is 12.1 Å². The number of halogens is 1. The quantitative estimate of drug-likeness (QED) is 0.668. The molecule has 0 saturated carbocycles. The molecule has 4 heteroatoms. The summed E-state index contributed by atoms with van der Waals surface area (Å²) >= 11 is 0. The fourth-order valence-corrected chi connectivity index (χ4v) is 4.09. The Kier molecular flexibility index (Phi) is 4.27. The molecule has 4 rings (SSSR count). The number of hydrogen-bond acceptors (Lipinski definition) is 1. The summed E-state index contributed by atoms with van der Waals surface area (Å²) in [7, 11) is 0. The second kappa shape index (κ2) is 6.60. The first-order valence-electron chi connectivity index (χ1n) is 9.28. The van der Waals surface area contributed by atoms with E-state index in [2.05, 4.69) is 31.0 Å². The maximum absolute atomic E-state index is 13.4. The minimum Gasteiger partial charge on any atom is -0.354 e. The first kappa shape index (κ1) is 16.8. The lowest BCUT2D eigenvalue weighted by molar-refractivity contribution is -0.131. The molecule has 0 spiro atoms. The molecule has 0 radical (unpaired) electrons. The molecule has 1 fully saturated rings. The van der Waals surface area contributed by atoms with Crippen molar-refractivity contribution in [3.8, 4) is 11.3 Å². The molecule has 134 valence electrons. The lowest BCUT2D eigenvalue weighted by Gasteiger charge is -2.31. The zero-order valence-electron chi connectivity index (χ0n) is 15.1. The molecule has 3 nitrogen and oxygen atoms in total. The second-order valence-electron chi connectivity index (χ2n) is 7.08. The van der Waals surface area contributed by atoms with Gasteiger partial charge in [0, 0.05) is 28.9 Å². The SMILES string of the molecule is CC[C@@H](C)N1C(=O)CC[C@@H]1c1c(-c2ccc(F)cc2)[nH]c2ccccc12. The van der Waals surface area contributed by atoms with Crippen molar-refractivity contribution in [1.29, 1.82) is 0 Å². The molecule has 3 aromatic rings. The van der Waals surface area contributed by atoms with Gasteiger partial charge in [-0.05, 0) is 55.7 Å². The maximum Gasteiger partial charge on any atom is 0.223 e. The zero-order valence-corrected chi connectivity index (χ0v) is 15.1. The number of aromatic nitrogens is 1. The first-order chi connectivity index (χ1) is 12.6. The third-order valence-electron chi connectivity index (χ3n) is 5.53. The molecular formula is C22H23FN2O. The Morgan fingerprint density at radius 1 is 1.19 bits per heavy atom. The minimum atomic E-state index is -0.247. The Morgan fingerprint density at radius 2 is 1.92 bits per heavy atom. The van der Waals surface area contributed by atoms with Crippen LogP contribution in [0.2, 0.25) is 0 Å². The van der Waals surface area contributed by atoms with Crippen molar-refractivity contribution < 1.29 is 9.18 Å². The summed E-state index contributed by atoms with van der Waals surface area (Å²) in [5, 5.41) is 1.14. The average molecular weight is 350 g/mol. The van der Waals surface area contributed by atoms with Crippen molar-refractivity contribution in [1.82, 2.24) is 9.88 Å². The van der Waals surface area contributed by atoms with Crippen LogP contribution in [0.1, 0.15) is 44.7 Å².